The van der Waals surface area contributed by atoms with Crippen molar-refractivity contribution >= 4 is 59.1 Å². The molecule has 7 rings (SSSR count). The molecule has 0 aromatic heterocycles. The maximum atomic E-state index is 14.4. The van der Waals surface area contributed by atoms with E-state index in [1.807, 2.05) is 61.5 Å². The first-order valence-corrected chi connectivity index (χ1v) is 29.3. The summed E-state index contributed by atoms with van der Waals surface area (Å²) in [5, 5.41) is 19.9. The lowest BCUT2D eigenvalue weighted by Gasteiger charge is -2.42. The number of allylic oxidation sites excluding steroid dienone is 3. The third-order valence-corrected chi connectivity index (χ3v) is 16.3. The number of nitrogens with one attached hydrogen (secondary N) is 3. The fraction of sp³-hybridized carbons (Fsp3) is 0.540. The number of carbonyl (C=O) groups excluding carboxylic acids is 7. The highest BCUT2D eigenvalue weighted by atomic mass is 35.5. The number of benzene rings is 3. The van der Waals surface area contributed by atoms with Crippen molar-refractivity contribution in [1.82, 2.24) is 20.9 Å². The van der Waals surface area contributed by atoms with E-state index in [9.17, 15) is 38.7 Å². The Bertz CT molecular complexity index is 2980. The van der Waals surface area contributed by atoms with Gasteiger partial charge in [0.2, 0.25) is 17.7 Å². The van der Waals surface area contributed by atoms with Gasteiger partial charge in [-0.15, -0.1) is 0 Å². The van der Waals surface area contributed by atoms with E-state index in [2.05, 4.69) is 16.0 Å². The molecule has 5 amide bonds. The van der Waals surface area contributed by atoms with Gasteiger partial charge in [-0.25, -0.2) is 14.4 Å². The number of alkyl carbamates (subject to hydrolysis) is 2. The summed E-state index contributed by atoms with van der Waals surface area (Å²) in [6, 6.07) is 17.1. The van der Waals surface area contributed by atoms with Crippen LogP contribution < -0.4 is 25.6 Å². The number of epoxide rings is 1. The number of methoxy groups -OCH3 is 2. The predicted molar refractivity (Wildman–Crippen MR) is 317 cm³/mol. The molecule has 468 valence electrons. The first-order valence-electron chi connectivity index (χ1n) is 28.9. The number of nitrogens with zero attached hydrogens (tertiary/aromatic N) is 2. The SMILES string of the molecule is COc1cc2cc(c1Cl)N(C)C(=O)C[C@H](OC(=O)[C@H](C)N(C)C(=O)CCOCCOCCNC(=O)[C@H](CCC(=O)OC(C)(C)C)NC(=O)OCC1c3ccccc3-c3ccccc31)[C@]1(C)OC1[C@H](C)[C@@H]1C[C@@](O)(NC(=O)O1)[C@H](OC)/C=C/C=C(\C)C2. The lowest BCUT2D eigenvalue weighted by atomic mass is 9.83. The van der Waals surface area contributed by atoms with Crippen molar-refractivity contribution in [2.45, 2.75) is 146 Å². The summed E-state index contributed by atoms with van der Waals surface area (Å²) in [7, 11) is 5.87. The molecule has 1 aliphatic carbocycles. The molecule has 2 saturated heterocycles. The zero-order chi connectivity index (χ0) is 62.7. The molecule has 3 aliphatic heterocycles. The largest absolute Gasteiger partial charge is 0.495 e. The molecule has 4 N–H and O–H groups in total. The van der Waals surface area contributed by atoms with E-state index < -0.39 is 101 Å². The van der Waals surface area contributed by atoms with Crippen LogP contribution in [0, 0.1) is 5.92 Å². The van der Waals surface area contributed by atoms with Gasteiger partial charge in [0.1, 0.15) is 59.0 Å². The number of esters is 2. The molecule has 3 heterocycles. The first-order chi connectivity index (χ1) is 40.8. The van der Waals surface area contributed by atoms with E-state index in [1.54, 1.807) is 66.0 Å². The van der Waals surface area contributed by atoms with Gasteiger partial charge in [0.15, 0.2) is 5.72 Å². The molecule has 3 aromatic carbocycles. The number of aliphatic hydroxyl groups is 1. The molecule has 23 heteroatoms. The van der Waals surface area contributed by atoms with Crippen molar-refractivity contribution < 1.29 is 81.3 Å². The molecule has 0 radical (unpaired) electrons. The summed E-state index contributed by atoms with van der Waals surface area (Å²) in [5.74, 6) is -3.31. The van der Waals surface area contributed by atoms with Crippen LogP contribution >= 0.6 is 11.6 Å². The van der Waals surface area contributed by atoms with E-state index in [-0.39, 0.29) is 82.6 Å². The van der Waals surface area contributed by atoms with Crippen LogP contribution in [-0.4, -0.2) is 173 Å². The molecule has 4 aliphatic rings. The molecular formula is C63H82ClN5O17. The Morgan fingerprint density at radius 1 is 0.965 bits per heavy atom. The molecule has 86 heavy (non-hydrogen) atoms. The second-order valence-corrected chi connectivity index (χ2v) is 23.7. The van der Waals surface area contributed by atoms with Crippen molar-refractivity contribution in [2.24, 2.45) is 5.92 Å². The summed E-state index contributed by atoms with van der Waals surface area (Å²) in [4.78, 5) is 96.9. The topological polar surface area (TPSA) is 269 Å². The van der Waals surface area contributed by atoms with Gasteiger partial charge in [-0.2, -0.15) is 0 Å². The van der Waals surface area contributed by atoms with Crippen molar-refractivity contribution in [3.63, 3.8) is 0 Å². The van der Waals surface area contributed by atoms with E-state index in [4.69, 9.17) is 54.2 Å². The van der Waals surface area contributed by atoms with Crippen LogP contribution in [0.5, 0.6) is 5.75 Å². The van der Waals surface area contributed by atoms with Gasteiger partial charge >= 0.3 is 24.1 Å². The van der Waals surface area contributed by atoms with Gasteiger partial charge in [-0.05, 0) is 94.3 Å². The van der Waals surface area contributed by atoms with Gasteiger partial charge in [-0.1, -0.05) is 90.9 Å². The second kappa shape index (κ2) is 29.1. The minimum atomic E-state index is -1.89. The van der Waals surface area contributed by atoms with E-state index >= 15 is 0 Å². The average Bonchev–Trinajstić information content (AvgIpc) is 1.93. The summed E-state index contributed by atoms with van der Waals surface area (Å²) >= 11 is 6.83. The molecule has 9 atom stereocenters. The highest BCUT2D eigenvalue weighted by Gasteiger charge is 2.64. The third kappa shape index (κ3) is 16.7. The van der Waals surface area contributed by atoms with Crippen LogP contribution in [0.4, 0.5) is 15.3 Å². The molecule has 0 spiro atoms. The van der Waals surface area contributed by atoms with Crippen molar-refractivity contribution in [1.29, 1.82) is 0 Å². The lowest BCUT2D eigenvalue weighted by Crippen LogP contribution is -2.63. The Labute approximate surface area is 507 Å². The Balaban J connectivity index is 0.903. The van der Waals surface area contributed by atoms with Crippen molar-refractivity contribution in [3.8, 4) is 16.9 Å². The Morgan fingerprint density at radius 2 is 1.63 bits per heavy atom. The summed E-state index contributed by atoms with van der Waals surface area (Å²) in [6.07, 6.45) is -0.763. The summed E-state index contributed by atoms with van der Waals surface area (Å²) in [5.41, 5.74) is 2.26. The monoisotopic (exact) mass is 1220 g/mol. The molecule has 3 aromatic rings. The number of fused-ring (bicyclic) bond motifs is 8. The summed E-state index contributed by atoms with van der Waals surface area (Å²) < 4.78 is 51.9. The number of carbonyl (C=O) groups is 7. The normalized spacial score (nSPS) is 24.6. The van der Waals surface area contributed by atoms with Gasteiger partial charge < -0.3 is 68.2 Å². The Morgan fingerprint density at radius 3 is 2.28 bits per heavy atom. The number of ether oxygens (including phenoxy) is 9. The number of anilines is 1. The van der Waals surface area contributed by atoms with Crippen LogP contribution in [0.3, 0.4) is 0 Å². The minimum absolute atomic E-state index is 0.0248. The number of amides is 5. The standard InChI is InChI=1S/C63H82ClN5O17/c1-37-17-16-22-50(79-11)63(77)35-49(83-60(76)67-63)38(2)56-62(7,86-56)51(34-53(71)69(9)47-32-40(31-37)33-48(78-10)55(47)64)84-58(74)39(3)68(8)52(70)25-27-80-29-30-81-28-26-65-57(73)46(23-24-54(72)85-61(4,5)6)66-59(75)82-36-45-43-20-14-12-18-41(43)42-19-13-15-21-44(42)45/h12-22,32-33,38-39,45-46,49-51,56,77H,23-31,34-36H2,1-11H3,(H,65,73)(H,66,75)(H,67,76)/b22-16+,37-17+/t38-,39+,46+,49+,50-,51+,56?,62+,63+/m1/s1. The number of likely N-dealkylation sites (N-methyl/N-ethyl adjacent to an activating group) is 1. The first kappa shape index (κ1) is 66.4. The molecule has 4 bridgehead atoms. The Kier molecular flexibility index (Phi) is 22.5. The number of hydrogen-bond donors (Lipinski definition) is 4. The zero-order valence-electron chi connectivity index (χ0n) is 50.9. The quantitative estimate of drug-likeness (QED) is 0.0359. The van der Waals surface area contributed by atoms with Gasteiger partial charge in [0.25, 0.3) is 0 Å². The number of halogens is 1. The third-order valence-electron chi connectivity index (χ3n) is 15.9. The molecule has 1 unspecified atom stereocenters. The van der Waals surface area contributed by atoms with Crippen LogP contribution in [0.2, 0.25) is 5.02 Å². The van der Waals surface area contributed by atoms with Crippen molar-refractivity contribution in [3.05, 3.63) is 106 Å². The highest BCUT2D eigenvalue weighted by Crippen LogP contribution is 2.50. The maximum Gasteiger partial charge on any atom is 0.409 e. The van der Waals surface area contributed by atoms with E-state index in [0.29, 0.717) is 17.9 Å². The Hall–Kier alpha value is -7.08. The minimum Gasteiger partial charge on any atom is -0.495 e. The highest BCUT2D eigenvalue weighted by molar-refractivity contribution is 6.35. The molecule has 0 saturated carbocycles. The van der Waals surface area contributed by atoms with E-state index in [0.717, 1.165) is 33.4 Å². The number of hydrogen-bond acceptors (Lipinski definition) is 17. The van der Waals surface area contributed by atoms with Crippen LogP contribution in [0.1, 0.15) is 103 Å². The van der Waals surface area contributed by atoms with Gasteiger partial charge in [0, 0.05) is 52.4 Å². The molecular weight excluding hydrogens is 1130 g/mol. The predicted octanol–water partition coefficient (Wildman–Crippen LogP) is 7.08. The smallest absolute Gasteiger partial charge is 0.409 e. The summed E-state index contributed by atoms with van der Waals surface area (Å²) in [6.45, 7) is 12.4. The van der Waals surface area contributed by atoms with Crippen molar-refractivity contribution in [2.75, 3.05) is 72.8 Å². The molecule has 22 nitrogen and oxygen atoms in total. The number of rotatable bonds is 21. The zero-order valence-corrected chi connectivity index (χ0v) is 51.6. The van der Waals surface area contributed by atoms with Crippen LogP contribution in [-0.2, 0) is 68.3 Å². The van der Waals surface area contributed by atoms with Gasteiger partial charge in [-0.3, -0.25) is 24.5 Å². The second-order valence-electron chi connectivity index (χ2n) is 23.3. The maximum absolute atomic E-state index is 14.4. The van der Waals surface area contributed by atoms with E-state index in [1.165, 1.54) is 38.0 Å². The fourth-order valence-electron chi connectivity index (χ4n) is 11.0. The van der Waals surface area contributed by atoms with Crippen LogP contribution in [0.15, 0.2) is 84.5 Å². The average molecular weight is 1220 g/mol. The lowest BCUT2D eigenvalue weighted by molar-refractivity contribution is -0.162. The molecule has 2 fully saturated rings. The van der Waals surface area contributed by atoms with Gasteiger partial charge in [0.05, 0.1) is 58.2 Å². The van der Waals surface area contributed by atoms with Crippen LogP contribution in [0.25, 0.3) is 11.1 Å². The fourth-order valence-corrected chi connectivity index (χ4v) is 11.3.